The van der Waals surface area contributed by atoms with Crippen LogP contribution in [0.15, 0.2) is 59.5 Å². The van der Waals surface area contributed by atoms with Crippen LogP contribution in [0.5, 0.6) is 0 Å². The Kier molecular flexibility index (Phi) is 4.47. The van der Waals surface area contributed by atoms with Crippen LogP contribution in [0.2, 0.25) is 0 Å². The molecule has 1 aliphatic heterocycles. The van der Waals surface area contributed by atoms with Crippen molar-refractivity contribution in [3.8, 4) is 0 Å². The van der Waals surface area contributed by atoms with Crippen LogP contribution in [0.4, 0.5) is 18.9 Å². The summed E-state index contributed by atoms with van der Waals surface area (Å²) in [4.78, 5) is 14.2. The third-order valence-electron chi connectivity index (χ3n) is 3.32. The lowest BCUT2D eigenvalue weighted by atomic mass is 10.1. The number of hydrogen-bond acceptors (Lipinski definition) is 3. The van der Waals surface area contributed by atoms with E-state index < -0.39 is 11.7 Å². The van der Waals surface area contributed by atoms with Crippen LogP contribution in [-0.2, 0) is 11.0 Å². The maximum atomic E-state index is 12.8. The Morgan fingerprint density at radius 2 is 1.75 bits per heavy atom. The number of benzene rings is 2. The molecule has 1 fully saturated rings. The summed E-state index contributed by atoms with van der Waals surface area (Å²) in [6.45, 7) is 0. The molecule has 0 aromatic heterocycles. The smallest absolute Gasteiger partial charge is 0.268 e. The Morgan fingerprint density at radius 1 is 1.04 bits per heavy atom. The second-order valence-electron chi connectivity index (χ2n) is 4.98. The van der Waals surface area contributed by atoms with E-state index in [0.29, 0.717) is 20.5 Å². The van der Waals surface area contributed by atoms with Crippen LogP contribution in [0.3, 0.4) is 0 Å². The molecule has 0 spiro atoms. The van der Waals surface area contributed by atoms with Crippen molar-refractivity contribution in [1.29, 1.82) is 0 Å². The Hall–Kier alpha value is -2.12. The van der Waals surface area contributed by atoms with Crippen LogP contribution in [0.25, 0.3) is 6.08 Å². The van der Waals surface area contributed by atoms with E-state index in [4.69, 9.17) is 12.2 Å². The first-order valence-corrected chi connectivity index (χ1v) is 8.09. The summed E-state index contributed by atoms with van der Waals surface area (Å²) in [5.41, 5.74) is 0.181. The molecule has 0 saturated carbocycles. The Balaban J connectivity index is 1.93. The standard InChI is InChI=1S/C17H10F3NOS2/c18-17(19,20)12-6-4-5-11(9-12)10-14-15(22)21(16(23)24-14)13-7-2-1-3-8-13/h1-10H. The van der Waals surface area contributed by atoms with E-state index in [1.807, 2.05) is 6.07 Å². The first-order chi connectivity index (χ1) is 11.4. The van der Waals surface area contributed by atoms with E-state index >= 15 is 0 Å². The Bertz CT molecular complexity index is 831. The minimum Gasteiger partial charge on any atom is -0.268 e. The number of nitrogens with zero attached hydrogens (tertiary/aromatic N) is 1. The molecule has 1 aliphatic rings. The average molecular weight is 365 g/mol. The van der Waals surface area contributed by atoms with Gasteiger partial charge in [0.25, 0.3) is 5.91 Å². The van der Waals surface area contributed by atoms with E-state index in [-0.39, 0.29) is 5.91 Å². The SMILES string of the molecule is O=C1C(=Cc2cccc(C(F)(F)F)c2)SC(=S)N1c1ccccc1. The fourth-order valence-corrected chi connectivity index (χ4v) is 3.52. The van der Waals surface area contributed by atoms with E-state index in [1.54, 1.807) is 24.3 Å². The molecule has 1 heterocycles. The normalized spacial score (nSPS) is 17.0. The molecule has 1 amide bonds. The molecule has 1 saturated heterocycles. The van der Waals surface area contributed by atoms with Gasteiger partial charge in [0, 0.05) is 0 Å². The van der Waals surface area contributed by atoms with Gasteiger partial charge in [0.05, 0.1) is 16.2 Å². The zero-order chi connectivity index (χ0) is 17.3. The van der Waals surface area contributed by atoms with Gasteiger partial charge >= 0.3 is 6.18 Å². The summed E-state index contributed by atoms with van der Waals surface area (Å²) in [5.74, 6) is -0.339. The van der Waals surface area contributed by atoms with Gasteiger partial charge in [-0.15, -0.1) is 0 Å². The van der Waals surface area contributed by atoms with Gasteiger partial charge in [-0.3, -0.25) is 9.69 Å². The number of thiocarbonyl (C=S) groups is 1. The maximum Gasteiger partial charge on any atom is 0.416 e. The third-order valence-corrected chi connectivity index (χ3v) is 4.62. The molecule has 7 heteroatoms. The van der Waals surface area contributed by atoms with Crippen molar-refractivity contribution in [2.45, 2.75) is 6.18 Å². The maximum absolute atomic E-state index is 12.8. The predicted molar refractivity (Wildman–Crippen MR) is 93.5 cm³/mol. The lowest BCUT2D eigenvalue weighted by Gasteiger charge is -2.13. The molecule has 2 aromatic carbocycles. The number of rotatable bonds is 2. The minimum absolute atomic E-state index is 0.295. The Morgan fingerprint density at radius 3 is 2.42 bits per heavy atom. The molecule has 24 heavy (non-hydrogen) atoms. The van der Waals surface area contributed by atoms with E-state index in [2.05, 4.69) is 0 Å². The lowest BCUT2D eigenvalue weighted by Crippen LogP contribution is -2.27. The van der Waals surface area contributed by atoms with Crippen LogP contribution < -0.4 is 4.90 Å². The molecular weight excluding hydrogens is 355 g/mol. The zero-order valence-corrected chi connectivity index (χ0v) is 13.7. The molecule has 2 nitrogen and oxygen atoms in total. The third kappa shape index (κ3) is 3.37. The monoisotopic (exact) mass is 365 g/mol. The largest absolute Gasteiger partial charge is 0.416 e. The Labute approximate surface area is 146 Å². The summed E-state index contributed by atoms with van der Waals surface area (Å²) in [6.07, 6.45) is -3.00. The van der Waals surface area contributed by atoms with Gasteiger partial charge < -0.3 is 0 Å². The van der Waals surface area contributed by atoms with Crippen molar-refractivity contribution in [2.75, 3.05) is 4.90 Å². The molecule has 122 valence electrons. The van der Waals surface area contributed by atoms with Crippen molar-refractivity contribution >= 4 is 46.0 Å². The molecule has 0 aliphatic carbocycles. The van der Waals surface area contributed by atoms with Crippen LogP contribution >= 0.6 is 24.0 Å². The van der Waals surface area contributed by atoms with Gasteiger partial charge in [-0.1, -0.05) is 54.3 Å². The highest BCUT2D eigenvalue weighted by Crippen LogP contribution is 2.36. The van der Waals surface area contributed by atoms with Crippen LogP contribution in [0.1, 0.15) is 11.1 Å². The highest BCUT2D eigenvalue weighted by atomic mass is 32.2. The highest BCUT2D eigenvalue weighted by molar-refractivity contribution is 8.27. The number of carbonyl (C=O) groups excluding carboxylic acids is 1. The van der Waals surface area contributed by atoms with Crippen LogP contribution in [0, 0.1) is 0 Å². The lowest BCUT2D eigenvalue weighted by molar-refractivity contribution is -0.137. The van der Waals surface area contributed by atoms with E-state index in [1.165, 1.54) is 23.1 Å². The van der Waals surface area contributed by atoms with Crippen LogP contribution in [-0.4, -0.2) is 10.2 Å². The minimum atomic E-state index is -4.42. The predicted octanol–water partition coefficient (Wildman–Crippen LogP) is 5.11. The first kappa shape index (κ1) is 16.7. The molecule has 0 atom stereocenters. The average Bonchev–Trinajstić information content (AvgIpc) is 2.82. The van der Waals surface area contributed by atoms with Gasteiger partial charge in [0.2, 0.25) is 0 Å². The van der Waals surface area contributed by atoms with Crippen molar-refractivity contribution in [3.63, 3.8) is 0 Å². The van der Waals surface area contributed by atoms with Gasteiger partial charge in [-0.25, -0.2) is 0 Å². The highest BCUT2D eigenvalue weighted by Gasteiger charge is 2.34. The summed E-state index contributed by atoms with van der Waals surface area (Å²) < 4.78 is 38.7. The number of alkyl halides is 3. The number of anilines is 1. The van der Waals surface area contributed by atoms with Crippen molar-refractivity contribution in [3.05, 3.63) is 70.6 Å². The number of carbonyl (C=O) groups is 1. The number of hydrogen-bond donors (Lipinski definition) is 0. The number of thioether (sulfide) groups is 1. The van der Waals surface area contributed by atoms with Gasteiger partial charge in [0.1, 0.15) is 0 Å². The van der Waals surface area contributed by atoms with E-state index in [0.717, 1.165) is 23.9 Å². The van der Waals surface area contributed by atoms with Gasteiger partial charge in [-0.05, 0) is 35.9 Å². The molecule has 0 bridgehead atoms. The molecule has 0 N–H and O–H groups in total. The fourth-order valence-electron chi connectivity index (χ4n) is 2.22. The summed E-state index contributed by atoms with van der Waals surface area (Å²) in [6, 6.07) is 13.7. The number of para-hydroxylation sites is 1. The van der Waals surface area contributed by atoms with Crippen molar-refractivity contribution in [1.82, 2.24) is 0 Å². The summed E-state index contributed by atoms with van der Waals surface area (Å²) >= 11 is 6.30. The first-order valence-electron chi connectivity index (χ1n) is 6.86. The van der Waals surface area contributed by atoms with Crippen molar-refractivity contribution < 1.29 is 18.0 Å². The second-order valence-corrected chi connectivity index (χ2v) is 6.65. The number of halogens is 3. The molecule has 0 unspecified atom stereocenters. The molecule has 0 radical (unpaired) electrons. The van der Waals surface area contributed by atoms with E-state index in [9.17, 15) is 18.0 Å². The molecular formula is C17H10F3NOS2. The zero-order valence-electron chi connectivity index (χ0n) is 12.1. The summed E-state index contributed by atoms with van der Waals surface area (Å²) in [5, 5.41) is 0. The topological polar surface area (TPSA) is 20.3 Å². The quantitative estimate of drug-likeness (QED) is 0.545. The molecule has 3 rings (SSSR count). The fraction of sp³-hybridized carbons (Fsp3) is 0.0588. The van der Waals surface area contributed by atoms with Gasteiger partial charge in [0.15, 0.2) is 4.32 Å². The molecule has 2 aromatic rings. The van der Waals surface area contributed by atoms with Gasteiger partial charge in [-0.2, -0.15) is 13.2 Å². The second kappa shape index (κ2) is 6.41. The number of amides is 1. The van der Waals surface area contributed by atoms with Crippen molar-refractivity contribution in [2.24, 2.45) is 0 Å². The summed E-state index contributed by atoms with van der Waals surface area (Å²) in [7, 11) is 0.